The molecule has 0 aromatic heterocycles. The Bertz CT molecular complexity index is 562. The molecule has 1 aliphatic rings. The Morgan fingerprint density at radius 1 is 1.35 bits per heavy atom. The van der Waals surface area contributed by atoms with Gasteiger partial charge in [-0.05, 0) is 35.5 Å². The second-order valence-corrected chi connectivity index (χ2v) is 7.48. The van der Waals surface area contributed by atoms with Crippen LogP contribution in [0.3, 0.4) is 0 Å². The molecule has 0 amide bonds. The van der Waals surface area contributed by atoms with Gasteiger partial charge in [0.05, 0.1) is 0 Å². The van der Waals surface area contributed by atoms with Gasteiger partial charge in [0.2, 0.25) is 0 Å². The van der Waals surface area contributed by atoms with Crippen molar-refractivity contribution >= 4 is 40.3 Å². The van der Waals surface area contributed by atoms with Gasteiger partial charge in [-0.25, -0.2) is 0 Å². The number of esters is 1. The average Bonchev–Trinajstić information content (AvgIpc) is 2.82. The number of hydrogen-bond acceptors (Lipinski definition) is 3. The fourth-order valence-electron chi connectivity index (χ4n) is 2.46. The molecule has 1 aromatic carbocycles. The van der Waals surface area contributed by atoms with Crippen molar-refractivity contribution in [1.29, 1.82) is 0 Å². The zero-order chi connectivity index (χ0) is 16.9. The number of carbonyl (C=O) groups excluding carboxylic acids is 1. The molecule has 1 fully saturated rings. The number of alkyl halides is 3. The Kier molecular flexibility index (Phi) is 6.41. The minimum atomic E-state index is -4.52. The predicted octanol–water partition coefficient (Wildman–Crippen LogP) is 5.51. The highest BCUT2D eigenvalue weighted by Crippen LogP contribution is 2.48. The summed E-state index contributed by atoms with van der Waals surface area (Å²) >= 11 is 3.27. The van der Waals surface area contributed by atoms with E-state index < -0.39 is 23.0 Å². The van der Waals surface area contributed by atoms with Crippen molar-refractivity contribution in [2.45, 2.75) is 47.6 Å². The third-order valence-corrected chi connectivity index (χ3v) is 5.54. The molecule has 7 heteroatoms. The van der Waals surface area contributed by atoms with Crippen molar-refractivity contribution in [2.24, 2.45) is 0 Å². The Labute approximate surface area is 151 Å². The van der Waals surface area contributed by atoms with Crippen molar-refractivity contribution in [2.75, 3.05) is 0 Å². The number of carbonyl (C=O) groups is 1. The molecule has 2 rings (SSSR count). The van der Waals surface area contributed by atoms with E-state index in [1.54, 1.807) is 24.3 Å². The molecule has 0 N–H and O–H groups in total. The molecule has 1 aliphatic heterocycles. The minimum Gasteiger partial charge on any atom is -0.452 e. The summed E-state index contributed by atoms with van der Waals surface area (Å²) in [6.07, 6.45) is -3.20. The number of cyclic esters (lactones) is 1. The van der Waals surface area contributed by atoms with Crippen LogP contribution in [0, 0.1) is 0 Å². The molecule has 0 radical (unpaired) electrons. The van der Waals surface area contributed by atoms with Crippen LogP contribution >= 0.6 is 34.4 Å². The summed E-state index contributed by atoms with van der Waals surface area (Å²) in [7, 11) is 0. The van der Waals surface area contributed by atoms with Crippen molar-refractivity contribution < 1.29 is 22.7 Å². The van der Waals surface area contributed by atoms with Gasteiger partial charge in [-0.15, -0.1) is 11.8 Å². The Balaban J connectivity index is 2.19. The second kappa shape index (κ2) is 7.92. The number of thioether (sulfide) groups is 1. The maximum Gasteiger partial charge on any atom is 0.425 e. The highest BCUT2D eigenvalue weighted by molar-refractivity contribution is 14.1. The van der Waals surface area contributed by atoms with Gasteiger partial charge in [-0.1, -0.05) is 46.9 Å². The molecule has 1 aromatic rings. The van der Waals surface area contributed by atoms with Crippen LogP contribution in [0.4, 0.5) is 13.2 Å². The molecule has 1 heterocycles. The largest absolute Gasteiger partial charge is 0.452 e. The number of rotatable bonds is 6. The zero-order valence-electron chi connectivity index (χ0n) is 12.2. The van der Waals surface area contributed by atoms with Gasteiger partial charge >= 0.3 is 12.1 Å². The van der Waals surface area contributed by atoms with E-state index in [1.165, 1.54) is 11.8 Å². The molecule has 0 aliphatic carbocycles. The lowest BCUT2D eigenvalue weighted by atomic mass is 9.97. The minimum absolute atomic E-state index is 0.331. The first kappa shape index (κ1) is 18.6. The van der Waals surface area contributed by atoms with Crippen molar-refractivity contribution in [3.8, 4) is 0 Å². The molecule has 126 valence electrons. The zero-order valence-corrected chi connectivity index (χ0v) is 15.2. The Hall–Kier alpha value is -0.700. The summed E-state index contributed by atoms with van der Waals surface area (Å²) in [5, 5.41) is 0. The van der Waals surface area contributed by atoms with Gasteiger partial charge in [0.15, 0.2) is 6.10 Å². The van der Waals surface area contributed by atoms with Crippen molar-refractivity contribution in [3.05, 3.63) is 40.5 Å². The van der Waals surface area contributed by atoms with E-state index in [2.05, 4.69) is 27.3 Å². The molecule has 0 bridgehead atoms. The highest BCUT2D eigenvalue weighted by Gasteiger charge is 2.58. The van der Waals surface area contributed by atoms with Gasteiger partial charge in [-0.3, -0.25) is 4.79 Å². The lowest BCUT2D eigenvalue weighted by molar-refractivity contribution is -0.209. The van der Waals surface area contributed by atoms with Gasteiger partial charge < -0.3 is 4.74 Å². The van der Waals surface area contributed by atoms with Crippen LogP contribution in [0.2, 0.25) is 0 Å². The molecule has 1 saturated heterocycles. The van der Waals surface area contributed by atoms with E-state index >= 15 is 0 Å². The Morgan fingerprint density at radius 2 is 2.04 bits per heavy atom. The lowest BCUT2D eigenvalue weighted by Crippen LogP contribution is -2.32. The first-order valence-corrected chi connectivity index (χ1v) is 9.21. The third kappa shape index (κ3) is 4.89. The van der Waals surface area contributed by atoms with E-state index in [0.29, 0.717) is 12.8 Å². The van der Waals surface area contributed by atoms with Crippen LogP contribution < -0.4 is 0 Å². The maximum absolute atomic E-state index is 13.0. The predicted molar refractivity (Wildman–Crippen MR) is 92.6 cm³/mol. The van der Waals surface area contributed by atoms with Crippen LogP contribution in [-0.4, -0.2) is 23.0 Å². The Morgan fingerprint density at radius 3 is 2.61 bits per heavy atom. The molecule has 0 spiro atoms. The fraction of sp³-hybridized carbons (Fsp3) is 0.438. The summed E-state index contributed by atoms with van der Waals surface area (Å²) in [6.45, 7) is 0. The standard InChI is InChI=1S/C16H16F3IO2S/c17-16(18,19)13-11-15(14(21)22-13,9-5-2-6-10-20)23-12-7-3-1-4-8-12/h1,3-4,6-8,10,13H,2,5,9,11H2/b10-6+/t13-,15?/m0/s1. The monoisotopic (exact) mass is 456 g/mol. The number of benzene rings is 1. The third-order valence-electron chi connectivity index (χ3n) is 3.60. The average molecular weight is 456 g/mol. The number of hydrogen-bond donors (Lipinski definition) is 0. The summed E-state index contributed by atoms with van der Waals surface area (Å²) in [4.78, 5) is 13.0. The van der Waals surface area contributed by atoms with Crippen LogP contribution in [0.25, 0.3) is 0 Å². The summed E-state index contributed by atoms with van der Waals surface area (Å²) < 4.78 is 44.2. The van der Waals surface area contributed by atoms with Gasteiger partial charge in [-0.2, -0.15) is 13.2 Å². The number of halogens is 4. The van der Waals surface area contributed by atoms with E-state index in [1.807, 2.05) is 16.2 Å². The van der Waals surface area contributed by atoms with Gasteiger partial charge in [0.1, 0.15) is 4.75 Å². The fourth-order valence-corrected chi connectivity index (χ4v) is 4.18. The summed E-state index contributed by atoms with van der Waals surface area (Å²) in [5.41, 5.74) is 0. The molecule has 1 unspecified atom stereocenters. The topological polar surface area (TPSA) is 26.3 Å². The molecule has 0 saturated carbocycles. The van der Waals surface area contributed by atoms with Crippen LogP contribution in [-0.2, 0) is 9.53 Å². The van der Waals surface area contributed by atoms with Crippen molar-refractivity contribution in [3.63, 3.8) is 0 Å². The number of allylic oxidation sites excluding steroid dienone is 1. The van der Waals surface area contributed by atoms with Crippen LogP contribution in [0.5, 0.6) is 0 Å². The smallest absolute Gasteiger partial charge is 0.425 e. The number of unbranched alkanes of at least 4 members (excludes halogenated alkanes) is 1. The lowest BCUT2D eigenvalue weighted by Gasteiger charge is -2.24. The summed E-state index contributed by atoms with van der Waals surface area (Å²) in [5.74, 6) is -0.757. The van der Waals surface area contributed by atoms with Crippen LogP contribution in [0.1, 0.15) is 25.7 Å². The SMILES string of the molecule is O=C1O[C@H](C(F)(F)F)CC1(CCC/C=C/I)Sc1ccccc1. The maximum atomic E-state index is 13.0. The second-order valence-electron chi connectivity index (χ2n) is 5.30. The van der Waals surface area contributed by atoms with Crippen LogP contribution in [0.15, 0.2) is 45.4 Å². The van der Waals surface area contributed by atoms with Crippen molar-refractivity contribution in [1.82, 2.24) is 0 Å². The first-order valence-electron chi connectivity index (χ1n) is 7.14. The van der Waals surface area contributed by atoms with E-state index in [-0.39, 0.29) is 6.42 Å². The first-order chi connectivity index (χ1) is 10.9. The molecular formula is C16H16F3IO2S. The highest BCUT2D eigenvalue weighted by atomic mass is 127. The van der Waals surface area contributed by atoms with E-state index in [0.717, 1.165) is 11.3 Å². The van der Waals surface area contributed by atoms with E-state index in [4.69, 9.17) is 0 Å². The summed E-state index contributed by atoms with van der Waals surface area (Å²) in [6, 6.07) is 9.02. The number of ether oxygens (including phenoxy) is 1. The van der Waals surface area contributed by atoms with E-state index in [9.17, 15) is 18.0 Å². The molecular weight excluding hydrogens is 440 g/mol. The normalized spacial score (nSPS) is 25.0. The molecule has 2 atom stereocenters. The van der Waals surface area contributed by atoms with Gasteiger partial charge in [0, 0.05) is 11.3 Å². The quantitative estimate of drug-likeness (QED) is 0.321. The molecule has 2 nitrogen and oxygen atoms in total. The van der Waals surface area contributed by atoms with Gasteiger partial charge in [0.25, 0.3) is 0 Å². The molecule has 23 heavy (non-hydrogen) atoms.